The Morgan fingerprint density at radius 1 is 1.57 bits per heavy atom. The summed E-state index contributed by atoms with van der Waals surface area (Å²) in [6, 6.07) is -0.583. The van der Waals surface area contributed by atoms with Gasteiger partial charge in [0.05, 0.1) is 25.2 Å². The van der Waals surface area contributed by atoms with Crippen LogP contribution in [0.5, 0.6) is 0 Å². The van der Waals surface area contributed by atoms with Crippen LogP contribution in [-0.4, -0.2) is 44.5 Å². The number of aromatic nitrogens is 5. The van der Waals surface area contributed by atoms with Crippen LogP contribution >= 0.6 is 0 Å². The molecule has 0 aromatic carbocycles. The number of hydrogen-bond donors (Lipinski definition) is 3. The first-order valence-electron chi connectivity index (χ1n) is 6.00. The van der Waals surface area contributed by atoms with E-state index in [-0.39, 0.29) is 17.9 Å². The molecule has 0 spiro atoms. The molecule has 0 amide bonds. The maximum absolute atomic E-state index is 12.1. The Bertz CT molecular complexity index is 708. The fraction of sp³-hybridized carbons (Fsp3) is 0.400. The van der Waals surface area contributed by atoms with E-state index in [4.69, 9.17) is 5.11 Å². The van der Waals surface area contributed by atoms with Crippen LogP contribution in [-0.2, 0) is 21.4 Å². The summed E-state index contributed by atoms with van der Waals surface area (Å²) in [6.07, 6.45) is 3.59. The number of nitrogens with one attached hydrogen (secondary N) is 2. The van der Waals surface area contributed by atoms with Gasteiger partial charge in [-0.15, -0.1) is 0 Å². The standard InChI is InChI=1S/C10H14N6O4S/c1-7(10-11-6-12-14-10)15-21(19,20)8-4-13-16(5-8)3-2-9(17)18/h4-7,15H,2-3H2,1H3,(H,17,18)(H,11,12,14). The molecule has 2 heterocycles. The minimum atomic E-state index is -3.77. The molecule has 0 saturated carbocycles. The molecule has 1 unspecified atom stereocenters. The topological polar surface area (TPSA) is 143 Å². The van der Waals surface area contributed by atoms with E-state index in [1.54, 1.807) is 6.92 Å². The fourth-order valence-electron chi connectivity index (χ4n) is 1.60. The van der Waals surface area contributed by atoms with Gasteiger partial charge in [0.2, 0.25) is 10.0 Å². The zero-order valence-electron chi connectivity index (χ0n) is 11.1. The van der Waals surface area contributed by atoms with Crippen molar-refractivity contribution in [2.75, 3.05) is 0 Å². The van der Waals surface area contributed by atoms with E-state index in [1.165, 1.54) is 17.2 Å². The molecule has 3 N–H and O–H groups in total. The Balaban J connectivity index is 2.07. The van der Waals surface area contributed by atoms with Gasteiger partial charge in [-0.05, 0) is 6.92 Å². The summed E-state index contributed by atoms with van der Waals surface area (Å²) in [5.74, 6) is -0.594. The van der Waals surface area contributed by atoms with E-state index >= 15 is 0 Å². The highest BCUT2D eigenvalue weighted by Crippen LogP contribution is 2.13. The van der Waals surface area contributed by atoms with Gasteiger partial charge in [-0.1, -0.05) is 0 Å². The number of hydrogen-bond acceptors (Lipinski definition) is 6. The molecule has 10 nitrogen and oxygen atoms in total. The first kappa shape index (κ1) is 15.1. The predicted molar refractivity (Wildman–Crippen MR) is 69.6 cm³/mol. The highest BCUT2D eigenvalue weighted by Gasteiger charge is 2.21. The second kappa shape index (κ2) is 6.01. The number of H-pyrrole nitrogens is 1. The Morgan fingerprint density at radius 3 is 2.95 bits per heavy atom. The van der Waals surface area contributed by atoms with Gasteiger partial charge in [-0.2, -0.15) is 10.2 Å². The monoisotopic (exact) mass is 314 g/mol. The minimum Gasteiger partial charge on any atom is -0.481 e. The SMILES string of the molecule is CC(NS(=O)(=O)c1cnn(CCC(=O)O)c1)c1ncn[nH]1. The molecule has 2 aromatic heterocycles. The highest BCUT2D eigenvalue weighted by molar-refractivity contribution is 7.89. The van der Waals surface area contributed by atoms with Crippen LogP contribution in [0.4, 0.5) is 0 Å². The van der Waals surface area contributed by atoms with Gasteiger partial charge < -0.3 is 5.11 Å². The van der Waals surface area contributed by atoms with Gasteiger partial charge in [0.15, 0.2) is 0 Å². The summed E-state index contributed by atoms with van der Waals surface area (Å²) in [6.45, 7) is 1.72. The largest absolute Gasteiger partial charge is 0.481 e. The average Bonchev–Trinajstić information content (AvgIpc) is 3.07. The maximum Gasteiger partial charge on any atom is 0.305 e. The van der Waals surface area contributed by atoms with Crippen molar-refractivity contribution >= 4 is 16.0 Å². The predicted octanol–water partition coefficient (Wildman–Crippen LogP) is -0.485. The summed E-state index contributed by atoms with van der Waals surface area (Å²) in [7, 11) is -3.77. The lowest BCUT2D eigenvalue weighted by Gasteiger charge is -2.10. The van der Waals surface area contributed by atoms with Gasteiger partial charge >= 0.3 is 5.97 Å². The molecule has 11 heteroatoms. The van der Waals surface area contributed by atoms with Crippen LogP contribution in [0.1, 0.15) is 25.2 Å². The second-order valence-corrected chi connectivity index (χ2v) is 6.01. The molecule has 0 aliphatic heterocycles. The van der Waals surface area contributed by atoms with Gasteiger partial charge in [0.25, 0.3) is 0 Å². The lowest BCUT2D eigenvalue weighted by molar-refractivity contribution is -0.137. The number of aromatic amines is 1. The van der Waals surface area contributed by atoms with Crippen LogP contribution in [0.25, 0.3) is 0 Å². The number of rotatable bonds is 7. The van der Waals surface area contributed by atoms with Crippen molar-refractivity contribution in [2.45, 2.75) is 30.8 Å². The lowest BCUT2D eigenvalue weighted by atomic mass is 10.3. The van der Waals surface area contributed by atoms with E-state index in [0.717, 1.165) is 6.20 Å². The van der Waals surface area contributed by atoms with E-state index in [0.29, 0.717) is 5.82 Å². The van der Waals surface area contributed by atoms with Crippen LogP contribution in [0.2, 0.25) is 0 Å². The van der Waals surface area contributed by atoms with Crippen molar-refractivity contribution in [3.8, 4) is 0 Å². The smallest absolute Gasteiger partial charge is 0.305 e. The zero-order valence-corrected chi connectivity index (χ0v) is 11.9. The highest BCUT2D eigenvalue weighted by atomic mass is 32.2. The Labute approximate surface area is 120 Å². The Morgan fingerprint density at radius 2 is 2.33 bits per heavy atom. The number of nitrogens with zero attached hydrogens (tertiary/aromatic N) is 4. The van der Waals surface area contributed by atoms with E-state index in [2.05, 4.69) is 25.0 Å². The van der Waals surface area contributed by atoms with Gasteiger partial charge in [0.1, 0.15) is 17.0 Å². The molecule has 0 aliphatic rings. The van der Waals surface area contributed by atoms with Gasteiger partial charge in [-0.25, -0.2) is 18.1 Å². The number of carboxylic acid groups (broad SMARTS) is 1. The Hall–Kier alpha value is -2.27. The molecule has 2 rings (SSSR count). The summed E-state index contributed by atoms with van der Waals surface area (Å²) in [5.41, 5.74) is 0. The molecule has 0 fully saturated rings. The van der Waals surface area contributed by atoms with Crippen molar-refractivity contribution in [1.29, 1.82) is 0 Å². The zero-order chi connectivity index (χ0) is 15.5. The molecular weight excluding hydrogens is 300 g/mol. The van der Waals surface area contributed by atoms with Crippen molar-refractivity contribution in [2.24, 2.45) is 0 Å². The van der Waals surface area contributed by atoms with E-state index in [9.17, 15) is 13.2 Å². The third kappa shape index (κ3) is 3.86. The molecule has 0 radical (unpaired) electrons. The molecule has 0 aliphatic carbocycles. The molecular formula is C10H14N6O4S. The third-order valence-electron chi connectivity index (χ3n) is 2.65. The third-order valence-corrected chi connectivity index (χ3v) is 4.15. The summed E-state index contributed by atoms with van der Waals surface area (Å²) in [5, 5.41) is 18.6. The molecule has 0 saturated heterocycles. The van der Waals surface area contributed by atoms with Crippen LogP contribution < -0.4 is 4.72 Å². The first-order valence-corrected chi connectivity index (χ1v) is 7.48. The van der Waals surface area contributed by atoms with Gasteiger partial charge in [0, 0.05) is 6.20 Å². The number of aliphatic carboxylic acids is 1. The van der Waals surface area contributed by atoms with Crippen LogP contribution in [0.15, 0.2) is 23.6 Å². The summed E-state index contributed by atoms with van der Waals surface area (Å²) >= 11 is 0. The first-order chi connectivity index (χ1) is 9.88. The summed E-state index contributed by atoms with van der Waals surface area (Å²) in [4.78, 5) is 14.3. The number of carbonyl (C=O) groups is 1. The number of carboxylic acids is 1. The van der Waals surface area contributed by atoms with E-state index < -0.39 is 22.0 Å². The lowest BCUT2D eigenvalue weighted by Crippen LogP contribution is -2.27. The second-order valence-electron chi connectivity index (χ2n) is 4.30. The minimum absolute atomic E-state index is 0.0424. The molecule has 0 bridgehead atoms. The van der Waals surface area contributed by atoms with E-state index in [1.807, 2.05) is 0 Å². The number of aryl methyl sites for hydroxylation is 1. The molecule has 1 atom stereocenters. The molecule has 21 heavy (non-hydrogen) atoms. The van der Waals surface area contributed by atoms with Crippen molar-refractivity contribution in [3.05, 3.63) is 24.5 Å². The van der Waals surface area contributed by atoms with Crippen LogP contribution in [0, 0.1) is 0 Å². The van der Waals surface area contributed by atoms with Crippen molar-refractivity contribution in [1.82, 2.24) is 29.7 Å². The van der Waals surface area contributed by atoms with Gasteiger partial charge in [-0.3, -0.25) is 14.6 Å². The van der Waals surface area contributed by atoms with Crippen molar-refractivity contribution < 1.29 is 18.3 Å². The maximum atomic E-state index is 12.1. The molecule has 114 valence electrons. The fourth-order valence-corrected chi connectivity index (χ4v) is 2.76. The summed E-state index contributed by atoms with van der Waals surface area (Å²) < 4.78 is 28.0. The van der Waals surface area contributed by atoms with Crippen LogP contribution in [0.3, 0.4) is 0 Å². The number of sulfonamides is 1. The Kier molecular flexibility index (Phi) is 4.33. The quantitative estimate of drug-likeness (QED) is 0.626. The van der Waals surface area contributed by atoms with Crippen molar-refractivity contribution in [3.63, 3.8) is 0 Å². The average molecular weight is 314 g/mol. The normalized spacial score (nSPS) is 13.2. The molecule has 2 aromatic rings.